The van der Waals surface area contributed by atoms with Gasteiger partial charge in [-0.3, -0.25) is 4.79 Å². The molecule has 124 valence electrons. The van der Waals surface area contributed by atoms with Crippen LogP contribution >= 0.6 is 0 Å². The highest BCUT2D eigenvalue weighted by atomic mass is 16.5. The number of carbonyl (C=O) groups is 1. The second-order valence-corrected chi connectivity index (χ2v) is 6.09. The van der Waals surface area contributed by atoms with Crippen LogP contribution < -0.4 is 10.6 Å². The maximum atomic E-state index is 11.6. The number of piperidine rings is 1. The van der Waals surface area contributed by atoms with E-state index in [0.29, 0.717) is 0 Å². The summed E-state index contributed by atoms with van der Waals surface area (Å²) in [6.07, 6.45) is 12.7. The third-order valence-electron chi connectivity index (χ3n) is 4.09. The number of hydrogen-bond acceptors (Lipinski definition) is 3. The highest BCUT2D eigenvalue weighted by Gasteiger charge is 2.14. The average molecular weight is 298 g/mol. The van der Waals surface area contributed by atoms with Crippen LogP contribution in [0.2, 0.25) is 0 Å². The molecule has 1 aliphatic heterocycles. The van der Waals surface area contributed by atoms with Gasteiger partial charge in [-0.05, 0) is 32.4 Å². The van der Waals surface area contributed by atoms with Gasteiger partial charge >= 0.3 is 0 Å². The minimum atomic E-state index is 0.0384. The zero-order valence-corrected chi connectivity index (χ0v) is 13.8. The van der Waals surface area contributed by atoms with Crippen LogP contribution in [0.15, 0.2) is 0 Å². The molecule has 4 heteroatoms. The molecule has 1 heterocycles. The molecule has 1 rings (SSSR count). The molecule has 0 aromatic heterocycles. The molecule has 2 N–H and O–H groups in total. The topological polar surface area (TPSA) is 50.4 Å². The first-order chi connectivity index (χ1) is 10.3. The van der Waals surface area contributed by atoms with E-state index < -0.39 is 0 Å². The molecule has 0 spiro atoms. The molecule has 0 radical (unpaired) electrons. The minimum Gasteiger partial charge on any atom is -0.368 e. The number of amides is 1. The third kappa shape index (κ3) is 10.7. The number of hydrogen-bond donors (Lipinski definition) is 2. The molecule has 0 aromatic rings. The Labute approximate surface area is 130 Å². The van der Waals surface area contributed by atoms with Crippen molar-refractivity contribution >= 4 is 5.91 Å². The highest BCUT2D eigenvalue weighted by Crippen LogP contribution is 2.08. The molecular formula is C17H34N2O2. The molecule has 0 unspecified atom stereocenters. The standard InChI is InChI=1S/C17H34N2O2/c1-2-3-4-5-6-7-8-9-12-19-17(20)15-21-16-10-13-18-14-11-16/h16,18H,2-15H2,1H3,(H,19,20). The fraction of sp³-hybridized carbons (Fsp3) is 0.941. The highest BCUT2D eigenvalue weighted by molar-refractivity contribution is 5.77. The molecule has 0 aliphatic carbocycles. The van der Waals surface area contributed by atoms with Crippen LogP contribution in [0.1, 0.15) is 71.1 Å². The van der Waals surface area contributed by atoms with Gasteiger partial charge in [0.1, 0.15) is 6.61 Å². The fourth-order valence-corrected chi connectivity index (χ4v) is 2.69. The SMILES string of the molecule is CCCCCCCCCCNC(=O)COC1CCNCC1. The van der Waals surface area contributed by atoms with Crippen LogP contribution in [0, 0.1) is 0 Å². The van der Waals surface area contributed by atoms with E-state index in [1.165, 1.54) is 44.9 Å². The number of carbonyl (C=O) groups excluding carboxylic acids is 1. The van der Waals surface area contributed by atoms with Crippen molar-refractivity contribution in [2.45, 2.75) is 77.2 Å². The van der Waals surface area contributed by atoms with Gasteiger partial charge in [-0.2, -0.15) is 0 Å². The van der Waals surface area contributed by atoms with Gasteiger partial charge in [-0.25, -0.2) is 0 Å². The van der Waals surface area contributed by atoms with Gasteiger partial charge in [0.25, 0.3) is 0 Å². The summed E-state index contributed by atoms with van der Waals surface area (Å²) in [5.41, 5.74) is 0. The van der Waals surface area contributed by atoms with Crippen molar-refractivity contribution in [2.75, 3.05) is 26.2 Å². The van der Waals surface area contributed by atoms with Crippen molar-refractivity contribution in [1.82, 2.24) is 10.6 Å². The third-order valence-corrected chi connectivity index (χ3v) is 4.09. The van der Waals surface area contributed by atoms with E-state index in [0.717, 1.165) is 38.9 Å². The largest absolute Gasteiger partial charge is 0.368 e. The predicted molar refractivity (Wildman–Crippen MR) is 87.5 cm³/mol. The van der Waals surface area contributed by atoms with Gasteiger partial charge in [-0.15, -0.1) is 0 Å². The van der Waals surface area contributed by atoms with Crippen LogP contribution in [-0.4, -0.2) is 38.3 Å². The lowest BCUT2D eigenvalue weighted by atomic mass is 10.1. The summed E-state index contributed by atoms with van der Waals surface area (Å²) in [5.74, 6) is 0.0384. The lowest BCUT2D eigenvalue weighted by Gasteiger charge is -2.22. The normalized spacial score (nSPS) is 16.0. The fourth-order valence-electron chi connectivity index (χ4n) is 2.69. The Kier molecular flexibility index (Phi) is 11.5. The molecule has 0 saturated carbocycles. The van der Waals surface area contributed by atoms with Gasteiger partial charge in [0.05, 0.1) is 6.10 Å². The monoisotopic (exact) mass is 298 g/mol. The summed E-state index contributed by atoms with van der Waals surface area (Å²) < 4.78 is 5.63. The average Bonchev–Trinajstić information content (AvgIpc) is 2.52. The molecule has 1 fully saturated rings. The van der Waals surface area contributed by atoms with Crippen molar-refractivity contribution in [2.24, 2.45) is 0 Å². The van der Waals surface area contributed by atoms with E-state index >= 15 is 0 Å². The summed E-state index contributed by atoms with van der Waals surface area (Å²) in [6.45, 7) is 5.28. The smallest absolute Gasteiger partial charge is 0.246 e. The summed E-state index contributed by atoms with van der Waals surface area (Å²) in [5, 5.41) is 6.25. The van der Waals surface area contributed by atoms with Gasteiger partial charge in [0, 0.05) is 6.54 Å². The molecule has 1 amide bonds. The maximum absolute atomic E-state index is 11.6. The lowest BCUT2D eigenvalue weighted by molar-refractivity contribution is -0.128. The Morgan fingerprint density at radius 1 is 1.05 bits per heavy atom. The first kappa shape index (κ1) is 18.4. The Morgan fingerprint density at radius 2 is 1.67 bits per heavy atom. The zero-order chi connectivity index (χ0) is 15.2. The number of ether oxygens (including phenoxy) is 1. The first-order valence-corrected chi connectivity index (χ1v) is 8.92. The minimum absolute atomic E-state index is 0.0384. The molecular weight excluding hydrogens is 264 g/mol. The van der Waals surface area contributed by atoms with Gasteiger partial charge in [-0.1, -0.05) is 51.9 Å². The quantitative estimate of drug-likeness (QED) is 0.545. The molecule has 0 bridgehead atoms. The second-order valence-electron chi connectivity index (χ2n) is 6.09. The number of nitrogens with one attached hydrogen (secondary N) is 2. The van der Waals surface area contributed by atoms with Gasteiger partial charge in [0.2, 0.25) is 5.91 Å². The van der Waals surface area contributed by atoms with Gasteiger partial charge < -0.3 is 15.4 Å². The van der Waals surface area contributed by atoms with Gasteiger partial charge in [0.15, 0.2) is 0 Å². The summed E-state index contributed by atoms with van der Waals surface area (Å²) in [6, 6.07) is 0. The maximum Gasteiger partial charge on any atom is 0.246 e. The van der Waals surface area contributed by atoms with E-state index in [-0.39, 0.29) is 18.6 Å². The summed E-state index contributed by atoms with van der Waals surface area (Å²) >= 11 is 0. The molecule has 0 aromatic carbocycles. The molecule has 0 atom stereocenters. The Hall–Kier alpha value is -0.610. The number of unbranched alkanes of at least 4 members (excludes halogenated alkanes) is 7. The van der Waals surface area contributed by atoms with E-state index in [1.807, 2.05) is 0 Å². The Bertz CT molecular complexity index is 253. The van der Waals surface area contributed by atoms with E-state index in [1.54, 1.807) is 0 Å². The van der Waals surface area contributed by atoms with Crippen molar-refractivity contribution in [3.05, 3.63) is 0 Å². The van der Waals surface area contributed by atoms with Crippen LogP contribution in [0.5, 0.6) is 0 Å². The van der Waals surface area contributed by atoms with E-state index in [2.05, 4.69) is 17.6 Å². The second kappa shape index (κ2) is 13.1. The first-order valence-electron chi connectivity index (χ1n) is 8.92. The van der Waals surface area contributed by atoms with E-state index in [9.17, 15) is 4.79 Å². The Balaban J connectivity index is 1.82. The lowest BCUT2D eigenvalue weighted by Crippen LogP contribution is -2.36. The van der Waals surface area contributed by atoms with Crippen molar-refractivity contribution in [1.29, 1.82) is 0 Å². The van der Waals surface area contributed by atoms with E-state index in [4.69, 9.17) is 4.74 Å². The van der Waals surface area contributed by atoms with Crippen LogP contribution in [0.3, 0.4) is 0 Å². The van der Waals surface area contributed by atoms with Crippen molar-refractivity contribution in [3.8, 4) is 0 Å². The molecule has 1 saturated heterocycles. The summed E-state index contributed by atoms with van der Waals surface area (Å²) in [4.78, 5) is 11.6. The van der Waals surface area contributed by atoms with Crippen molar-refractivity contribution < 1.29 is 9.53 Å². The summed E-state index contributed by atoms with van der Waals surface area (Å²) in [7, 11) is 0. The molecule has 1 aliphatic rings. The number of rotatable bonds is 12. The van der Waals surface area contributed by atoms with Crippen LogP contribution in [0.25, 0.3) is 0 Å². The zero-order valence-electron chi connectivity index (χ0n) is 13.8. The van der Waals surface area contributed by atoms with Crippen LogP contribution in [-0.2, 0) is 9.53 Å². The van der Waals surface area contributed by atoms with Crippen molar-refractivity contribution in [3.63, 3.8) is 0 Å². The molecule has 21 heavy (non-hydrogen) atoms. The predicted octanol–water partition coefficient (Wildman–Crippen LogP) is 3.01. The van der Waals surface area contributed by atoms with Crippen LogP contribution in [0.4, 0.5) is 0 Å². The molecule has 4 nitrogen and oxygen atoms in total. The Morgan fingerprint density at radius 3 is 2.33 bits per heavy atom.